The fourth-order valence-corrected chi connectivity index (χ4v) is 3.54. The van der Waals surface area contributed by atoms with Gasteiger partial charge < -0.3 is 10.6 Å². The van der Waals surface area contributed by atoms with E-state index in [4.69, 9.17) is 0 Å². The molecule has 0 radical (unpaired) electrons. The van der Waals surface area contributed by atoms with E-state index in [0.29, 0.717) is 18.7 Å². The molecule has 0 bridgehead atoms. The molecule has 1 unspecified atom stereocenters. The highest BCUT2D eigenvalue weighted by atomic mass is 32.2. The first kappa shape index (κ1) is 16.9. The maximum absolute atomic E-state index is 11.9. The molecular weight excluding hydrogens is 302 g/mol. The predicted octanol–water partition coefficient (Wildman–Crippen LogP) is 1.46. The van der Waals surface area contributed by atoms with Crippen LogP contribution in [0, 0.1) is 0 Å². The Hall–Kier alpha value is -1.44. The maximum Gasteiger partial charge on any atom is 0.240 e. The van der Waals surface area contributed by atoms with Crippen LogP contribution in [0.1, 0.15) is 32.6 Å². The fourth-order valence-electron chi connectivity index (χ4n) is 2.40. The molecule has 0 spiro atoms. The first-order valence-corrected chi connectivity index (χ1v) is 9.12. The zero-order valence-corrected chi connectivity index (χ0v) is 13.6. The van der Waals surface area contributed by atoms with Gasteiger partial charge in [-0.2, -0.15) is 0 Å². The second kappa shape index (κ2) is 7.71. The van der Waals surface area contributed by atoms with Gasteiger partial charge in [-0.1, -0.05) is 6.92 Å². The lowest BCUT2D eigenvalue weighted by Gasteiger charge is -2.11. The van der Waals surface area contributed by atoms with E-state index in [9.17, 15) is 13.2 Å². The predicted molar refractivity (Wildman–Crippen MR) is 86.2 cm³/mol. The zero-order chi connectivity index (χ0) is 16.0. The van der Waals surface area contributed by atoms with Crippen LogP contribution in [-0.4, -0.2) is 33.5 Å². The van der Waals surface area contributed by atoms with E-state index < -0.39 is 10.0 Å². The molecule has 1 aromatic carbocycles. The summed E-state index contributed by atoms with van der Waals surface area (Å²) in [7, 11) is -3.46. The van der Waals surface area contributed by atoms with Gasteiger partial charge in [0.15, 0.2) is 0 Å². The van der Waals surface area contributed by atoms with E-state index in [-0.39, 0.29) is 16.8 Å². The van der Waals surface area contributed by atoms with Crippen molar-refractivity contribution in [3.8, 4) is 0 Å². The number of amides is 1. The van der Waals surface area contributed by atoms with Gasteiger partial charge in [-0.25, -0.2) is 13.1 Å². The van der Waals surface area contributed by atoms with Crippen LogP contribution in [-0.2, 0) is 14.8 Å². The molecule has 1 atom stereocenters. The summed E-state index contributed by atoms with van der Waals surface area (Å²) in [4.78, 5) is 12.1. The molecule has 1 saturated heterocycles. The number of hydrogen-bond donors (Lipinski definition) is 3. The van der Waals surface area contributed by atoms with Crippen LogP contribution in [0.25, 0.3) is 0 Å². The maximum atomic E-state index is 11.9. The van der Waals surface area contributed by atoms with Crippen LogP contribution in [0.3, 0.4) is 0 Å². The second-order valence-corrected chi connectivity index (χ2v) is 7.23. The van der Waals surface area contributed by atoms with Gasteiger partial charge >= 0.3 is 0 Å². The standard InChI is InChI=1S/C15H23N3O3S/c1-2-9-17-22(20,21)14-7-5-12(6-8-14)18-15(19)11-13-4-3-10-16-13/h5-8,13,16-17H,2-4,9-11H2,1H3,(H,18,19). The molecule has 0 saturated carbocycles. The Labute approximate surface area is 131 Å². The highest BCUT2D eigenvalue weighted by Crippen LogP contribution is 2.15. The van der Waals surface area contributed by atoms with Crippen molar-refractivity contribution in [1.82, 2.24) is 10.0 Å². The molecule has 22 heavy (non-hydrogen) atoms. The summed E-state index contributed by atoms with van der Waals surface area (Å²) < 4.78 is 26.4. The number of sulfonamides is 1. The smallest absolute Gasteiger partial charge is 0.240 e. The molecule has 6 nitrogen and oxygen atoms in total. The summed E-state index contributed by atoms with van der Waals surface area (Å²) in [5.74, 6) is -0.0564. The molecule has 0 aliphatic carbocycles. The second-order valence-electron chi connectivity index (χ2n) is 5.47. The van der Waals surface area contributed by atoms with Gasteiger partial charge in [-0.15, -0.1) is 0 Å². The van der Waals surface area contributed by atoms with Crippen LogP contribution in [0.5, 0.6) is 0 Å². The first-order valence-electron chi connectivity index (χ1n) is 7.64. The molecule has 1 amide bonds. The van der Waals surface area contributed by atoms with Crippen molar-refractivity contribution in [2.24, 2.45) is 0 Å². The lowest BCUT2D eigenvalue weighted by molar-refractivity contribution is -0.116. The fraction of sp³-hybridized carbons (Fsp3) is 0.533. The van der Waals surface area contributed by atoms with Crippen LogP contribution in [0.2, 0.25) is 0 Å². The summed E-state index contributed by atoms with van der Waals surface area (Å²) in [5, 5.41) is 6.07. The summed E-state index contributed by atoms with van der Waals surface area (Å²) in [6.45, 7) is 3.28. The van der Waals surface area contributed by atoms with Gasteiger partial charge in [0.1, 0.15) is 0 Å². The topological polar surface area (TPSA) is 87.3 Å². The molecule has 1 aliphatic heterocycles. The van der Waals surface area contributed by atoms with Crippen molar-refractivity contribution in [3.05, 3.63) is 24.3 Å². The van der Waals surface area contributed by atoms with E-state index in [1.165, 1.54) is 12.1 Å². The number of rotatable bonds is 7. The normalized spacial score (nSPS) is 18.3. The third-order valence-electron chi connectivity index (χ3n) is 3.58. The molecule has 2 rings (SSSR count). The molecule has 7 heteroatoms. The van der Waals surface area contributed by atoms with Gasteiger partial charge in [0.25, 0.3) is 0 Å². The molecule has 122 valence electrons. The minimum absolute atomic E-state index is 0.0564. The van der Waals surface area contributed by atoms with Gasteiger partial charge in [0.2, 0.25) is 15.9 Å². The highest BCUT2D eigenvalue weighted by molar-refractivity contribution is 7.89. The quantitative estimate of drug-likeness (QED) is 0.708. The summed E-state index contributed by atoms with van der Waals surface area (Å²) in [5.41, 5.74) is 0.609. The zero-order valence-electron chi connectivity index (χ0n) is 12.8. The Morgan fingerprint density at radius 1 is 1.32 bits per heavy atom. The number of nitrogens with one attached hydrogen (secondary N) is 3. The van der Waals surface area contributed by atoms with Crippen molar-refractivity contribution in [2.45, 2.75) is 43.5 Å². The lowest BCUT2D eigenvalue weighted by atomic mass is 10.1. The minimum atomic E-state index is -3.46. The average molecular weight is 325 g/mol. The van der Waals surface area contributed by atoms with Crippen LogP contribution in [0.4, 0.5) is 5.69 Å². The Kier molecular flexibility index (Phi) is 5.93. The minimum Gasteiger partial charge on any atom is -0.326 e. The van der Waals surface area contributed by atoms with Crippen LogP contribution in [0.15, 0.2) is 29.2 Å². The Morgan fingerprint density at radius 3 is 2.64 bits per heavy atom. The Morgan fingerprint density at radius 2 is 2.05 bits per heavy atom. The number of hydrogen-bond acceptors (Lipinski definition) is 4. The van der Waals surface area contributed by atoms with E-state index in [2.05, 4.69) is 15.4 Å². The number of benzene rings is 1. The number of carbonyl (C=O) groups excluding carboxylic acids is 1. The van der Waals surface area contributed by atoms with Gasteiger partial charge in [-0.05, 0) is 50.1 Å². The largest absolute Gasteiger partial charge is 0.326 e. The summed E-state index contributed by atoms with van der Waals surface area (Å²) in [6, 6.07) is 6.47. The third-order valence-corrected chi connectivity index (χ3v) is 5.06. The third kappa shape index (κ3) is 4.79. The van der Waals surface area contributed by atoms with Crippen molar-refractivity contribution < 1.29 is 13.2 Å². The molecule has 1 aliphatic rings. The molecule has 1 fully saturated rings. The monoisotopic (exact) mass is 325 g/mol. The SMILES string of the molecule is CCCNS(=O)(=O)c1ccc(NC(=O)CC2CCCN2)cc1. The van der Waals surface area contributed by atoms with Gasteiger partial charge in [0.05, 0.1) is 4.90 Å². The highest BCUT2D eigenvalue weighted by Gasteiger charge is 2.18. The lowest BCUT2D eigenvalue weighted by Crippen LogP contribution is -2.27. The van der Waals surface area contributed by atoms with Crippen molar-refractivity contribution in [3.63, 3.8) is 0 Å². The molecular formula is C15H23N3O3S. The summed E-state index contributed by atoms with van der Waals surface area (Å²) >= 11 is 0. The van der Waals surface area contributed by atoms with Crippen LogP contribution >= 0.6 is 0 Å². The molecule has 1 aromatic rings. The van der Waals surface area contributed by atoms with E-state index >= 15 is 0 Å². The molecule has 0 aromatic heterocycles. The average Bonchev–Trinajstić information content (AvgIpc) is 2.98. The summed E-state index contributed by atoms with van der Waals surface area (Å²) in [6.07, 6.45) is 3.31. The van der Waals surface area contributed by atoms with Crippen LogP contribution < -0.4 is 15.4 Å². The van der Waals surface area contributed by atoms with Crippen molar-refractivity contribution in [1.29, 1.82) is 0 Å². The van der Waals surface area contributed by atoms with Crippen molar-refractivity contribution >= 4 is 21.6 Å². The number of anilines is 1. The molecule has 3 N–H and O–H groups in total. The Balaban J connectivity index is 1.92. The Bertz CT molecular complexity index is 593. The van der Waals surface area contributed by atoms with Crippen molar-refractivity contribution in [2.75, 3.05) is 18.4 Å². The molecule has 1 heterocycles. The van der Waals surface area contributed by atoms with E-state index in [0.717, 1.165) is 25.8 Å². The first-order chi connectivity index (χ1) is 10.5. The van der Waals surface area contributed by atoms with Gasteiger partial charge in [0, 0.05) is 24.7 Å². The van der Waals surface area contributed by atoms with Gasteiger partial charge in [-0.3, -0.25) is 4.79 Å². The van der Waals surface area contributed by atoms with E-state index in [1.807, 2.05) is 6.92 Å². The van der Waals surface area contributed by atoms with E-state index in [1.54, 1.807) is 12.1 Å². The number of carbonyl (C=O) groups is 1.